The Balaban J connectivity index is -0.0000000575. The van der Waals surface area contributed by atoms with Gasteiger partial charge in [0.25, 0.3) is 0 Å². The Morgan fingerprint density at radius 1 is 1.62 bits per heavy atom. The van der Waals surface area contributed by atoms with E-state index in [9.17, 15) is 0 Å². The normalized spacial score (nSPS) is 5.25. The molecular formula is C3H6MgO4. The Morgan fingerprint density at radius 3 is 1.62 bits per heavy atom. The van der Waals surface area contributed by atoms with E-state index in [1.807, 2.05) is 0 Å². The zero-order valence-electron chi connectivity index (χ0n) is 4.59. The predicted molar refractivity (Wildman–Crippen MR) is 23.9 cm³/mol. The van der Waals surface area contributed by atoms with Gasteiger partial charge in [-0.3, -0.25) is 0 Å². The molecular weight excluding hydrogens is 124 g/mol. The van der Waals surface area contributed by atoms with Crippen LogP contribution < -0.4 is 10.2 Å². The predicted octanol–water partition coefficient (Wildman–Crippen LogP) is -2.83. The maximum absolute atomic E-state index is 8.33. The number of rotatable bonds is 0. The average Bonchev–Trinajstić information content (AvgIpc) is 1.33. The van der Waals surface area contributed by atoms with E-state index in [1.165, 1.54) is 0 Å². The minimum Gasteiger partial charge on any atom is -0.652 e. The molecule has 0 saturated heterocycles. The number of carbonyl (C=O) groups is 1. The number of hydrogen-bond acceptors (Lipinski definition) is 4. The van der Waals surface area contributed by atoms with Crippen molar-refractivity contribution in [2.45, 2.75) is 6.92 Å². The molecule has 0 aromatic rings. The molecule has 0 aromatic carbocycles. The third kappa shape index (κ3) is 10600000. The van der Waals surface area contributed by atoms with Crippen molar-refractivity contribution in [3.63, 3.8) is 0 Å². The molecule has 8 heavy (non-hydrogen) atoms. The smallest absolute Gasteiger partial charge is 0.652 e. The van der Waals surface area contributed by atoms with Crippen LogP contribution >= 0.6 is 0 Å². The third-order valence-corrected chi connectivity index (χ3v) is 0. The molecule has 0 aliphatic rings. The molecule has 0 atom stereocenters. The first-order valence-corrected chi connectivity index (χ1v) is 1.64. The third-order valence-electron chi connectivity index (χ3n) is 0. The first-order chi connectivity index (χ1) is 3.15. The fourth-order valence-electron chi connectivity index (χ4n) is 0. The Kier molecular flexibility index (Phi) is 30.9. The molecule has 0 radical (unpaired) electrons. The van der Waals surface area contributed by atoms with E-state index in [0.717, 1.165) is 0 Å². The van der Waals surface area contributed by atoms with Crippen molar-refractivity contribution < 1.29 is 20.1 Å². The number of hydrogen-bond donors (Lipinski definition) is 1. The molecule has 0 saturated carbocycles. The number of carboxylic acid groups (broad SMARTS) is 2. The molecule has 5 heteroatoms. The average molecular weight is 130 g/mol. The van der Waals surface area contributed by atoms with Crippen LogP contribution in [-0.4, -0.2) is 40.9 Å². The molecule has 0 spiro atoms. The van der Waals surface area contributed by atoms with Gasteiger partial charge in [-0.2, -0.15) is 0 Å². The quantitative estimate of drug-likeness (QED) is 0.358. The van der Waals surface area contributed by atoms with Crippen molar-refractivity contribution >= 4 is 29.2 Å². The van der Waals surface area contributed by atoms with Crippen LogP contribution in [0.15, 0.2) is 0 Å². The van der Waals surface area contributed by atoms with E-state index in [4.69, 9.17) is 20.1 Å². The van der Waals surface area contributed by atoms with Crippen molar-refractivity contribution in [3.05, 3.63) is 0 Å². The van der Waals surface area contributed by atoms with E-state index in [1.54, 1.807) is 6.92 Å². The van der Waals surface area contributed by atoms with Gasteiger partial charge in [-0.1, -0.05) is 0 Å². The topological polar surface area (TPSA) is 83.4 Å². The monoisotopic (exact) mass is 130 g/mol. The van der Waals surface area contributed by atoms with Gasteiger partial charge in [-0.15, -0.1) is 0 Å². The minimum atomic E-state index is -2.33. The molecule has 0 unspecified atom stereocenters. The molecule has 1 N–H and O–H groups in total. The molecule has 0 aliphatic carbocycles. The van der Waals surface area contributed by atoms with Crippen molar-refractivity contribution in [1.29, 1.82) is 0 Å². The summed E-state index contributed by atoms with van der Waals surface area (Å²) >= 11 is 0. The van der Waals surface area contributed by atoms with Gasteiger partial charge in [0.05, 0.1) is 0 Å². The van der Waals surface area contributed by atoms with Gasteiger partial charge >= 0.3 is 23.1 Å². The zero-order chi connectivity index (χ0) is 6.28. The van der Waals surface area contributed by atoms with Gasteiger partial charge in [0, 0.05) is 6.61 Å². The number of carbonyl (C=O) groups excluding carboxylic acids is 1. The van der Waals surface area contributed by atoms with E-state index in [0.29, 0.717) is 0 Å². The summed E-state index contributed by atoms with van der Waals surface area (Å²) in [4.78, 5) is 8.33. The van der Waals surface area contributed by atoms with Crippen LogP contribution in [0.4, 0.5) is 4.79 Å². The first kappa shape index (κ1) is 15.7. The SMILES string of the molecule is CCO.O=C([O-])[O-].[Mg+2]. The fourth-order valence-corrected chi connectivity index (χ4v) is 0. The summed E-state index contributed by atoms with van der Waals surface area (Å²) in [7, 11) is 0. The van der Waals surface area contributed by atoms with E-state index in [-0.39, 0.29) is 29.7 Å². The molecule has 0 fully saturated rings. The molecule has 0 bridgehead atoms. The van der Waals surface area contributed by atoms with E-state index >= 15 is 0 Å². The molecule has 0 amide bonds. The molecule has 4 nitrogen and oxygen atoms in total. The van der Waals surface area contributed by atoms with Crippen molar-refractivity contribution in [1.82, 2.24) is 0 Å². The van der Waals surface area contributed by atoms with Crippen LogP contribution in [0.3, 0.4) is 0 Å². The first-order valence-electron chi connectivity index (χ1n) is 1.64. The molecule has 0 aliphatic heterocycles. The molecule has 0 rings (SSSR count). The second-order valence-corrected chi connectivity index (χ2v) is 0.566. The largest absolute Gasteiger partial charge is 2.00 e. The second kappa shape index (κ2) is 15.8. The minimum absolute atomic E-state index is 0. The van der Waals surface area contributed by atoms with Crippen LogP contribution in [0.5, 0.6) is 0 Å². The Labute approximate surface area is 63.3 Å². The summed E-state index contributed by atoms with van der Waals surface area (Å²) in [6, 6.07) is 0. The van der Waals surface area contributed by atoms with Gasteiger partial charge < -0.3 is 20.1 Å². The Morgan fingerprint density at radius 2 is 1.62 bits per heavy atom. The summed E-state index contributed by atoms with van der Waals surface area (Å²) < 4.78 is 0. The van der Waals surface area contributed by atoms with Crippen LogP contribution in [0.1, 0.15) is 6.92 Å². The second-order valence-electron chi connectivity index (χ2n) is 0.566. The van der Waals surface area contributed by atoms with Gasteiger partial charge in [0.2, 0.25) is 0 Å². The van der Waals surface area contributed by atoms with E-state index in [2.05, 4.69) is 0 Å². The number of aliphatic hydroxyl groups is 1. The van der Waals surface area contributed by atoms with Gasteiger partial charge in [0.1, 0.15) is 0 Å². The number of aliphatic hydroxyl groups excluding tert-OH is 1. The van der Waals surface area contributed by atoms with Gasteiger partial charge in [-0.05, 0) is 13.1 Å². The van der Waals surface area contributed by atoms with Crippen molar-refractivity contribution in [3.8, 4) is 0 Å². The van der Waals surface area contributed by atoms with Crippen LogP contribution in [-0.2, 0) is 0 Å². The van der Waals surface area contributed by atoms with E-state index < -0.39 is 6.16 Å². The molecule has 0 heterocycles. The Bertz CT molecular complexity index is 42.5. The fraction of sp³-hybridized carbons (Fsp3) is 0.667. The summed E-state index contributed by atoms with van der Waals surface area (Å²) in [5.74, 6) is 0. The summed E-state index contributed by atoms with van der Waals surface area (Å²) in [5.41, 5.74) is 0. The Hall–Kier alpha value is -0.00377. The van der Waals surface area contributed by atoms with Gasteiger partial charge in [-0.25, -0.2) is 0 Å². The molecule has 0 aromatic heterocycles. The summed E-state index contributed by atoms with van der Waals surface area (Å²) in [6.07, 6.45) is -2.33. The van der Waals surface area contributed by atoms with Crippen LogP contribution in [0.25, 0.3) is 0 Å². The van der Waals surface area contributed by atoms with Crippen molar-refractivity contribution in [2.75, 3.05) is 6.61 Å². The maximum Gasteiger partial charge on any atom is 2.00 e. The zero-order valence-corrected chi connectivity index (χ0v) is 6.00. The van der Waals surface area contributed by atoms with Crippen LogP contribution in [0.2, 0.25) is 0 Å². The van der Waals surface area contributed by atoms with Gasteiger partial charge in [0.15, 0.2) is 0 Å². The summed E-state index contributed by atoms with van der Waals surface area (Å²) in [6.45, 7) is 1.93. The maximum atomic E-state index is 8.33. The van der Waals surface area contributed by atoms with Crippen molar-refractivity contribution in [2.24, 2.45) is 0 Å². The standard InChI is InChI=1S/C2H6O.CH2O3.Mg/c1-2-3;2-1(3)4;/h3H,2H2,1H3;(H2,2,3,4);/q;;+2/p-2. The van der Waals surface area contributed by atoms with Crippen LogP contribution in [0, 0.1) is 0 Å². The summed E-state index contributed by atoms with van der Waals surface area (Å²) in [5, 5.41) is 24.2. The molecule has 44 valence electrons.